The van der Waals surface area contributed by atoms with Gasteiger partial charge in [0.05, 0.1) is 16.8 Å². The van der Waals surface area contributed by atoms with E-state index in [1.807, 2.05) is 25.1 Å². The maximum Gasteiger partial charge on any atom is 0.174 e. The number of aromatic amines is 1. The summed E-state index contributed by atoms with van der Waals surface area (Å²) < 4.78 is 0.965. The third-order valence-corrected chi connectivity index (χ3v) is 4.38. The first-order valence-electron chi connectivity index (χ1n) is 5.38. The summed E-state index contributed by atoms with van der Waals surface area (Å²) in [6.45, 7) is 1.95. The van der Waals surface area contributed by atoms with Gasteiger partial charge in [-0.25, -0.2) is 4.98 Å². The van der Waals surface area contributed by atoms with Crippen molar-refractivity contribution in [2.75, 3.05) is 5.73 Å². The number of nitrogens with two attached hydrogens (primary N) is 1. The molecule has 0 amide bonds. The predicted octanol–water partition coefficient (Wildman–Crippen LogP) is 2.60. The van der Waals surface area contributed by atoms with Crippen molar-refractivity contribution < 1.29 is 0 Å². The zero-order valence-electron chi connectivity index (χ0n) is 9.67. The van der Waals surface area contributed by atoms with Gasteiger partial charge in [-0.15, -0.1) is 10.2 Å². The Labute approximate surface area is 112 Å². The Bertz CT molecular complexity index is 688. The van der Waals surface area contributed by atoms with Gasteiger partial charge in [0, 0.05) is 5.69 Å². The second kappa shape index (κ2) is 4.58. The molecule has 92 valence electrons. The van der Waals surface area contributed by atoms with Crippen LogP contribution in [0.15, 0.2) is 22.5 Å². The van der Waals surface area contributed by atoms with Gasteiger partial charge < -0.3 is 10.7 Å². The molecule has 0 saturated carbocycles. The quantitative estimate of drug-likeness (QED) is 0.568. The summed E-state index contributed by atoms with van der Waals surface area (Å²) in [6.07, 6.45) is 0. The van der Waals surface area contributed by atoms with Crippen LogP contribution in [-0.2, 0) is 5.75 Å². The van der Waals surface area contributed by atoms with Crippen LogP contribution in [0, 0.1) is 6.92 Å². The van der Waals surface area contributed by atoms with E-state index in [-0.39, 0.29) is 0 Å². The molecule has 2 aromatic heterocycles. The molecule has 0 atom stereocenters. The number of imidazole rings is 1. The van der Waals surface area contributed by atoms with Gasteiger partial charge in [-0.05, 0) is 25.1 Å². The van der Waals surface area contributed by atoms with Gasteiger partial charge in [0.1, 0.15) is 10.8 Å². The number of benzene rings is 1. The monoisotopic (exact) mass is 277 g/mol. The van der Waals surface area contributed by atoms with E-state index in [0.717, 1.165) is 37.6 Å². The van der Waals surface area contributed by atoms with Crippen molar-refractivity contribution in [2.24, 2.45) is 0 Å². The molecule has 0 bridgehead atoms. The summed E-state index contributed by atoms with van der Waals surface area (Å²) in [6, 6.07) is 5.67. The molecule has 1 aromatic carbocycles. The molecule has 3 N–H and O–H groups in total. The van der Waals surface area contributed by atoms with E-state index in [2.05, 4.69) is 20.2 Å². The lowest BCUT2D eigenvalue weighted by molar-refractivity contribution is 0.982. The molecule has 3 aromatic rings. The van der Waals surface area contributed by atoms with Gasteiger partial charge in [-0.2, -0.15) is 0 Å². The van der Waals surface area contributed by atoms with E-state index < -0.39 is 0 Å². The highest BCUT2D eigenvalue weighted by atomic mass is 32.2. The van der Waals surface area contributed by atoms with Crippen molar-refractivity contribution in [2.45, 2.75) is 17.0 Å². The second-order valence-electron chi connectivity index (χ2n) is 3.84. The van der Waals surface area contributed by atoms with Crippen LogP contribution in [0.2, 0.25) is 0 Å². The highest BCUT2D eigenvalue weighted by Gasteiger charge is 2.06. The Morgan fingerprint density at radius 1 is 1.39 bits per heavy atom. The Kier molecular flexibility index (Phi) is 2.92. The highest BCUT2D eigenvalue weighted by Crippen LogP contribution is 2.25. The first kappa shape index (κ1) is 11.5. The van der Waals surface area contributed by atoms with E-state index in [4.69, 9.17) is 5.73 Å². The summed E-state index contributed by atoms with van der Waals surface area (Å²) in [5.41, 5.74) is 8.38. The molecule has 0 radical (unpaired) electrons. The number of hydrogen-bond acceptors (Lipinski definition) is 6. The van der Waals surface area contributed by atoms with Crippen molar-refractivity contribution >= 4 is 39.8 Å². The van der Waals surface area contributed by atoms with Crippen molar-refractivity contribution in [3.8, 4) is 0 Å². The van der Waals surface area contributed by atoms with E-state index in [1.54, 1.807) is 23.1 Å². The maximum absolute atomic E-state index is 5.73. The lowest BCUT2D eigenvalue weighted by Crippen LogP contribution is -1.83. The first-order valence-corrected chi connectivity index (χ1v) is 7.18. The number of thioether (sulfide) groups is 1. The molecule has 0 fully saturated rings. The summed E-state index contributed by atoms with van der Waals surface area (Å²) in [4.78, 5) is 7.76. The lowest BCUT2D eigenvalue weighted by atomic mass is 10.3. The number of aromatic nitrogens is 4. The van der Waals surface area contributed by atoms with Crippen LogP contribution < -0.4 is 5.73 Å². The number of nitrogens with zero attached hydrogens (tertiary/aromatic N) is 3. The number of nitrogens with one attached hydrogen (secondary N) is 1. The van der Waals surface area contributed by atoms with Crippen LogP contribution in [0.5, 0.6) is 0 Å². The molecular weight excluding hydrogens is 266 g/mol. The average Bonchev–Trinajstić information content (AvgIpc) is 2.92. The second-order valence-corrected chi connectivity index (χ2v) is 6.24. The minimum atomic E-state index is 0.741. The number of H-pyrrole nitrogens is 1. The third-order valence-electron chi connectivity index (χ3n) is 2.39. The standard InChI is InChI=1S/C11H11N5S2/c1-6-15-16-11(18-6)17-5-10-13-8-3-2-7(12)4-9(8)14-10/h2-4H,5,12H2,1H3,(H,13,14). The van der Waals surface area contributed by atoms with Gasteiger partial charge in [0.2, 0.25) is 0 Å². The van der Waals surface area contributed by atoms with E-state index in [0.29, 0.717) is 0 Å². The molecule has 5 nitrogen and oxygen atoms in total. The third kappa shape index (κ3) is 2.32. The van der Waals surface area contributed by atoms with Crippen LogP contribution in [0.25, 0.3) is 11.0 Å². The number of anilines is 1. The lowest BCUT2D eigenvalue weighted by Gasteiger charge is -1.91. The van der Waals surface area contributed by atoms with Gasteiger partial charge in [0.25, 0.3) is 0 Å². The number of hydrogen-bond donors (Lipinski definition) is 2. The number of rotatable bonds is 3. The summed E-state index contributed by atoms with van der Waals surface area (Å²) in [5, 5.41) is 9.03. The van der Waals surface area contributed by atoms with Gasteiger partial charge >= 0.3 is 0 Å². The molecule has 0 unspecified atom stereocenters. The molecule has 0 aliphatic rings. The van der Waals surface area contributed by atoms with Crippen molar-refractivity contribution in [1.82, 2.24) is 20.2 Å². The molecule has 0 aliphatic carbocycles. The SMILES string of the molecule is Cc1nnc(SCc2nc3ccc(N)cc3[nH]2)s1. The largest absolute Gasteiger partial charge is 0.399 e. The number of fused-ring (bicyclic) bond motifs is 1. The van der Waals surface area contributed by atoms with Crippen molar-refractivity contribution in [1.29, 1.82) is 0 Å². The maximum atomic E-state index is 5.73. The molecule has 3 rings (SSSR count). The smallest absolute Gasteiger partial charge is 0.174 e. The molecule has 7 heteroatoms. The average molecular weight is 277 g/mol. The first-order chi connectivity index (χ1) is 8.70. The molecule has 2 heterocycles. The summed E-state index contributed by atoms with van der Waals surface area (Å²) >= 11 is 3.23. The molecule has 0 spiro atoms. The van der Waals surface area contributed by atoms with Gasteiger partial charge in [0.15, 0.2) is 4.34 Å². The normalized spacial score (nSPS) is 11.2. The topological polar surface area (TPSA) is 80.5 Å². The van der Waals surface area contributed by atoms with E-state index >= 15 is 0 Å². The fourth-order valence-electron chi connectivity index (χ4n) is 1.62. The Balaban J connectivity index is 1.78. The molecular formula is C11H11N5S2. The van der Waals surface area contributed by atoms with Gasteiger partial charge in [-0.3, -0.25) is 0 Å². The van der Waals surface area contributed by atoms with Crippen LogP contribution >= 0.6 is 23.1 Å². The summed E-state index contributed by atoms with van der Waals surface area (Å²) in [7, 11) is 0. The fraction of sp³-hybridized carbons (Fsp3) is 0.182. The Hall–Kier alpha value is -1.60. The minimum absolute atomic E-state index is 0.741. The molecule has 0 aliphatic heterocycles. The van der Waals surface area contributed by atoms with Crippen LogP contribution in [0.3, 0.4) is 0 Å². The zero-order chi connectivity index (χ0) is 12.5. The van der Waals surface area contributed by atoms with Crippen LogP contribution in [-0.4, -0.2) is 20.2 Å². The Morgan fingerprint density at radius 3 is 3.06 bits per heavy atom. The number of aryl methyl sites for hydroxylation is 1. The van der Waals surface area contributed by atoms with Crippen LogP contribution in [0.1, 0.15) is 10.8 Å². The molecule has 18 heavy (non-hydrogen) atoms. The van der Waals surface area contributed by atoms with Gasteiger partial charge in [-0.1, -0.05) is 23.1 Å². The number of nitrogen functional groups attached to an aromatic ring is 1. The van der Waals surface area contributed by atoms with E-state index in [1.165, 1.54) is 0 Å². The zero-order valence-corrected chi connectivity index (χ0v) is 11.3. The van der Waals surface area contributed by atoms with E-state index in [9.17, 15) is 0 Å². The predicted molar refractivity (Wildman–Crippen MR) is 74.7 cm³/mol. The minimum Gasteiger partial charge on any atom is -0.399 e. The fourth-order valence-corrected chi connectivity index (χ4v) is 3.30. The molecule has 0 saturated heterocycles. The van der Waals surface area contributed by atoms with Crippen molar-refractivity contribution in [3.05, 3.63) is 29.0 Å². The summed E-state index contributed by atoms with van der Waals surface area (Å²) in [5.74, 6) is 1.68. The van der Waals surface area contributed by atoms with Crippen LogP contribution in [0.4, 0.5) is 5.69 Å². The highest BCUT2D eigenvalue weighted by molar-refractivity contribution is 8.00. The Morgan fingerprint density at radius 2 is 2.28 bits per heavy atom. The van der Waals surface area contributed by atoms with Crippen molar-refractivity contribution in [3.63, 3.8) is 0 Å².